The minimum absolute atomic E-state index is 0.256. The van der Waals surface area contributed by atoms with Gasteiger partial charge in [-0.05, 0) is 48.7 Å². The molecular formula is C23H18N6OS2. The second kappa shape index (κ2) is 8.94. The van der Waals surface area contributed by atoms with Crippen LogP contribution < -0.4 is 5.32 Å². The van der Waals surface area contributed by atoms with Crippen LogP contribution in [-0.2, 0) is 5.75 Å². The van der Waals surface area contributed by atoms with Crippen molar-refractivity contribution in [2.75, 3.05) is 5.32 Å². The van der Waals surface area contributed by atoms with Crippen molar-refractivity contribution in [2.24, 2.45) is 0 Å². The van der Waals surface area contributed by atoms with Crippen molar-refractivity contribution < 1.29 is 4.79 Å². The number of thioether (sulfide) groups is 1. The van der Waals surface area contributed by atoms with E-state index >= 15 is 0 Å². The minimum atomic E-state index is -0.256. The van der Waals surface area contributed by atoms with Gasteiger partial charge in [-0.2, -0.15) is 10.4 Å². The summed E-state index contributed by atoms with van der Waals surface area (Å²) in [5, 5.41) is 25.2. The van der Waals surface area contributed by atoms with Gasteiger partial charge in [0.25, 0.3) is 5.91 Å². The molecule has 0 atom stereocenters. The predicted octanol–water partition coefficient (Wildman–Crippen LogP) is 5.02. The molecule has 9 heteroatoms. The molecule has 0 spiro atoms. The monoisotopic (exact) mass is 458 g/mol. The molecule has 158 valence electrons. The summed E-state index contributed by atoms with van der Waals surface area (Å²) in [5.74, 6) is 0.895. The van der Waals surface area contributed by atoms with Gasteiger partial charge < -0.3 is 0 Å². The summed E-state index contributed by atoms with van der Waals surface area (Å²) in [6.07, 6.45) is 2.23. The Kier molecular flexibility index (Phi) is 5.71. The Hall–Kier alpha value is -3.48. The second-order valence-corrected chi connectivity index (χ2v) is 9.60. The van der Waals surface area contributed by atoms with E-state index in [9.17, 15) is 4.79 Å². The number of aromatic nitrogens is 4. The molecule has 1 aliphatic rings. The molecule has 5 rings (SSSR count). The first-order chi connectivity index (χ1) is 15.7. The maximum absolute atomic E-state index is 13.0. The highest BCUT2D eigenvalue weighted by molar-refractivity contribution is 8.00. The van der Waals surface area contributed by atoms with Crippen molar-refractivity contribution in [1.82, 2.24) is 20.0 Å². The average molecular weight is 459 g/mol. The van der Waals surface area contributed by atoms with Gasteiger partial charge in [0.05, 0.1) is 23.0 Å². The summed E-state index contributed by atoms with van der Waals surface area (Å²) >= 11 is 2.88. The number of amides is 1. The largest absolute Gasteiger partial charge is 0.295 e. The van der Waals surface area contributed by atoms with Crippen molar-refractivity contribution in [3.63, 3.8) is 0 Å². The zero-order valence-corrected chi connectivity index (χ0v) is 18.6. The Bertz CT molecular complexity index is 1290. The van der Waals surface area contributed by atoms with Crippen molar-refractivity contribution in [3.8, 4) is 11.8 Å². The smallest absolute Gasteiger partial charge is 0.276 e. The number of nitriles is 1. The van der Waals surface area contributed by atoms with Gasteiger partial charge in [0.1, 0.15) is 5.69 Å². The summed E-state index contributed by atoms with van der Waals surface area (Å²) in [5.41, 5.74) is 4.02. The fourth-order valence-electron chi connectivity index (χ4n) is 3.21. The Morgan fingerprint density at radius 2 is 1.94 bits per heavy atom. The molecule has 2 aromatic carbocycles. The maximum atomic E-state index is 13.0. The summed E-state index contributed by atoms with van der Waals surface area (Å²) in [4.78, 5) is 13.0. The highest BCUT2D eigenvalue weighted by Gasteiger charge is 2.29. The molecule has 0 aliphatic heterocycles. The molecule has 0 bridgehead atoms. The van der Waals surface area contributed by atoms with Gasteiger partial charge >= 0.3 is 0 Å². The van der Waals surface area contributed by atoms with Crippen LogP contribution in [0.15, 0.2) is 65.0 Å². The van der Waals surface area contributed by atoms with E-state index in [0.717, 1.165) is 34.1 Å². The third-order valence-electron chi connectivity index (χ3n) is 5.03. The van der Waals surface area contributed by atoms with Gasteiger partial charge in [0, 0.05) is 11.7 Å². The van der Waals surface area contributed by atoms with E-state index in [-0.39, 0.29) is 5.91 Å². The van der Waals surface area contributed by atoms with E-state index in [0.29, 0.717) is 28.1 Å². The minimum Gasteiger partial charge on any atom is -0.295 e. The summed E-state index contributed by atoms with van der Waals surface area (Å²) in [7, 11) is 0. The molecule has 0 radical (unpaired) electrons. The van der Waals surface area contributed by atoms with E-state index in [1.165, 1.54) is 11.3 Å². The Morgan fingerprint density at radius 3 is 2.66 bits per heavy atom. The molecule has 4 aromatic rings. The number of para-hydroxylation sites is 1. The molecule has 0 saturated heterocycles. The molecular weight excluding hydrogens is 440 g/mol. The van der Waals surface area contributed by atoms with Gasteiger partial charge in [-0.25, -0.2) is 4.68 Å². The number of hydrogen-bond acceptors (Lipinski definition) is 7. The molecule has 2 aromatic heterocycles. The van der Waals surface area contributed by atoms with Gasteiger partial charge in [-0.15, -0.1) is 10.2 Å². The fourth-order valence-corrected chi connectivity index (χ4v) is 4.91. The SMILES string of the molecule is N#Cc1ccc(CSc2nnc(NC(=O)c3cc(C4CC4)nn3-c3ccccc3)s2)cc1. The molecule has 1 aliphatic carbocycles. The molecule has 0 unspecified atom stereocenters. The van der Waals surface area contributed by atoms with Gasteiger partial charge in [0.15, 0.2) is 4.34 Å². The van der Waals surface area contributed by atoms with Crippen LogP contribution in [0.4, 0.5) is 5.13 Å². The molecule has 1 amide bonds. The fraction of sp³-hybridized carbons (Fsp3) is 0.174. The lowest BCUT2D eigenvalue weighted by atomic mass is 10.2. The number of nitrogens with zero attached hydrogens (tertiary/aromatic N) is 5. The lowest BCUT2D eigenvalue weighted by Crippen LogP contribution is -2.16. The molecule has 7 nitrogen and oxygen atoms in total. The van der Waals surface area contributed by atoms with Gasteiger partial charge in [-0.1, -0.05) is 53.4 Å². The van der Waals surface area contributed by atoms with E-state index < -0.39 is 0 Å². The topological polar surface area (TPSA) is 96.5 Å². The van der Waals surface area contributed by atoms with Crippen molar-refractivity contribution >= 4 is 34.1 Å². The zero-order valence-electron chi connectivity index (χ0n) is 16.9. The van der Waals surface area contributed by atoms with E-state index in [1.807, 2.05) is 48.5 Å². The first kappa shape index (κ1) is 20.4. The average Bonchev–Trinajstić information content (AvgIpc) is 3.43. The lowest BCUT2D eigenvalue weighted by molar-refractivity contribution is 0.101. The number of nitrogens with one attached hydrogen (secondary N) is 1. The number of carbonyl (C=O) groups is 1. The normalized spacial score (nSPS) is 13.0. The van der Waals surface area contributed by atoms with E-state index in [1.54, 1.807) is 28.6 Å². The highest BCUT2D eigenvalue weighted by atomic mass is 32.2. The number of hydrogen-bond donors (Lipinski definition) is 1. The van der Waals surface area contributed by atoms with Crippen molar-refractivity contribution in [1.29, 1.82) is 5.26 Å². The lowest BCUT2D eigenvalue weighted by Gasteiger charge is -2.06. The van der Waals surface area contributed by atoms with Gasteiger partial charge in [0.2, 0.25) is 5.13 Å². The Morgan fingerprint density at radius 1 is 1.16 bits per heavy atom. The van der Waals surface area contributed by atoms with Crippen LogP contribution in [0.25, 0.3) is 5.69 Å². The summed E-state index contributed by atoms with van der Waals surface area (Å²) in [6, 6.07) is 21.1. The number of rotatable bonds is 7. The maximum Gasteiger partial charge on any atom is 0.276 e. The standard InChI is InChI=1S/C23H18N6OS2/c24-13-15-6-8-16(9-7-15)14-31-23-27-26-22(32-23)25-21(30)20-12-19(17-10-11-17)28-29(20)18-4-2-1-3-5-18/h1-9,12,17H,10-11,14H2,(H,25,26,30). The zero-order chi connectivity index (χ0) is 21.9. The third kappa shape index (κ3) is 4.56. The van der Waals surface area contributed by atoms with Crippen LogP contribution in [0.2, 0.25) is 0 Å². The Labute approximate surface area is 193 Å². The summed E-state index contributed by atoms with van der Waals surface area (Å²) in [6.45, 7) is 0. The number of carbonyl (C=O) groups excluding carboxylic acids is 1. The van der Waals surface area contributed by atoms with Crippen LogP contribution in [-0.4, -0.2) is 25.9 Å². The first-order valence-electron chi connectivity index (χ1n) is 10.1. The molecule has 1 fully saturated rings. The third-order valence-corrected chi connectivity index (χ3v) is 7.07. The quantitative estimate of drug-likeness (QED) is 0.309. The summed E-state index contributed by atoms with van der Waals surface area (Å²) < 4.78 is 2.46. The van der Waals surface area contributed by atoms with Crippen LogP contribution >= 0.6 is 23.1 Å². The highest BCUT2D eigenvalue weighted by Crippen LogP contribution is 2.40. The van der Waals surface area contributed by atoms with Crippen molar-refractivity contribution in [2.45, 2.75) is 28.9 Å². The van der Waals surface area contributed by atoms with Crippen LogP contribution in [0.1, 0.15) is 46.1 Å². The predicted molar refractivity (Wildman–Crippen MR) is 124 cm³/mol. The van der Waals surface area contributed by atoms with Crippen molar-refractivity contribution in [3.05, 3.63) is 83.2 Å². The molecule has 2 heterocycles. The van der Waals surface area contributed by atoms with E-state index in [2.05, 4.69) is 26.7 Å². The van der Waals surface area contributed by atoms with Crippen LogP contribution in [0.5, 0.6) is 0 Å². The molecule has 1 N–H and O–H groups in total. The van der Waals surface area contributed by atoms with Crippen LogP contribution in [0.3, 0.4) is 0 Å². The molecule has 32 heavy (non-hydrogen) atoms. The van der Waals surface area contributed by atoms with Crippen LogP contribution in [0, 0.1) is 11.3 Å². The van der Waals surface area contributed by atoms with Gasteiger partial charge in [-0.3, -0.25) is 10.1 Å². The molecule has 1 saturated carbocycles. The van der Waals surface area contributed by atoms with E-state index in [4.69, 9.17) is 5.26 Å². The number of benzene rings is 2. The Balaban J connectivity index is 1.28. The second-order valence-electron chi connectivity index (χ2n) is 7.40. The first-order valence-corrected chi connectivity index (χ1v) is 11.9. The number of anilines is 1.